The van der Waals surface area contributed by atoms with E-state index < -0.39 is 0 Å². The number of halogens is 1. The molecule has 0 amide bonds. The van der Waals surface area contributed by atoms with Crippen molar-refractivity contribution in [2.45, 2.75) is 6.42 Å². The summed E-state index contributed by atoms with van der Waals surface area (Å²) in [6.07, 6.45) is 0.391. The standard InChI is InChI=1S/C18H13ClO/c19-17-11-10-14(15-8-4-5-9-16(15)17)12-18(20)13-6-2-1-3-7-13/h1-11H,12H2. The predicted octanol–water partition coefficient (Wildman–Crippen LogP) is 4.92. The number of Topliss-reactive ketones (excluding diaryl/α,β-unsaturated/α-hetero) is 1. The van der Waals surface area contributed by atoms with Crippen molar-refractivity contribution in [3.8, 4) is 0 Å². The van der Waals surface area contributed by atoms with Crippen molar-refractivity contribution in [1.29, 1.82) is 0 Å². The molecule has 0 spiro atoms. The van der Waals surface area contributed by atoms with E-state index in [0.29, 0.717) is 6.42 Å². The van der Waals surface area contributed by atoms with Crippen LogP contribution in [0.3, 0.4) is 0 Å². The van der Waals surface area contributed by atoms with Gasteiger partial charge in [0.15, 0.2) is 5.78 Å². The lowest BCUT2D eigenvalue weighted by Crippen LogP contribution is -2.03. The lowest BCUT2D eigenvalue weighted by molar-refractivity contribution is 0.0993. The second kappa shape index (κ2) is 5.48. The van der Waals surface area contributed by atoms with E-state index in [1.807, 2.05) is 66.7 Å². The van der Waals surface area contributed by atoms with Crippen LogP contribution in [0, 0.1) is 0 Å². The van der Waals surface area contributed by atoms with E-state index in [0.717, 1.165) is 26.9 Å². The predicted molar refractivity (Wildman–Crippen MR) is 83.4 cm³/mol. The third-order valence-electron chi connectivity index (χ3n) is 3.41. The summed E-state index contributed by atoms with van der Waals surface area (Å²) < 4.78 is 0. The molecule has 0 bridgehead atoms. The fourth-order valence-corrected chi connectivity index (χ4v) is 2.61. The van der Waals surface area contributed by atoms with Crippen LogP contribution in [0.5, 0.6) is 0 Å². The number of fused-ring (bicyclic) bond motifs is 1. The van der Waals surface area contributed by atoms with Crippen molar-refractivity contribution in [2.75, 3.05) is 0 Å². The van der Waals surface area contributed by atoms with Crippen LogP contribution in [0.25, 0.3) is 10.8 Å². The van der Waals surface area contributed by atoms with Gasteiger partial charge in [-0.05, 0) is 17.0 Å². The molecule has 0 fully saturated rings. The molecule has 0 saturated carbocycles. The van der Waals surface area contributed by atoms with Gasteiger partial charge in [-0.2, -0.15) is 0 Å². The van der Waals surface area contributed by atoms with E-state index in [1.165, 1.54) is 0 Å². The Labute approximate surface area is 122 Å². The van der Waals surface area contributed by atoms with Crippen LogP contribution in [-0.2, 0) is 6.42 Å². The van der Waals surface area contributed by atoms with Gasteiger partial charge >= 0.3 is 0 Å². The number of hydrogen-bond acceptors (Lipinski definition) is 1. The van der Waals surface area contributed by atoms with Gasteiger partial charge in [-0.15, -0.1) is 0 Å². The Morgan fingerprint density at radius 1 is 0.800 bits per heavy atom. The first-order valence-electron chi connectivity index (χ1n) is 6.50. The van der Waals surface area contributed by atoms with Crippen LogP contribution in [-0.4, -0.2) is 5.78 Å². The number of carbonyl (C=O) groups excluding carboxylic acids is 1. The Morgan fingerprint density at radius 3 is 2.20 bits per heavy atom. The van der Waals surface area contributed by atoms with Gasteiger partial charge in [0.05, 0.1) is 0 Å². The third kappa shape index (κ3) is 2.45. The molecule has 20 heavy (non-hydrogen) atoms. The molecular formula is C18H13ClO. The van der Waals surface area contributed by atoms with E-state index >= 15 is 0 Å². The molecule has 0 unspecified atom stereocenters. The van der Waals surface area contributed by atoms with Crippen LogP contribution in [0.15, 0.2) is 66.7 Å². The van der Waals surface area contributed by atoms with Gasteiger partial charge in [-0.25, -0.2) is 0 Å². The van der Waals surface area contributed by atoms with Gasteiger partial charge in [0.25, 0.3) is 0 Å². The molecule has 2 heteroatoms. The third-order valence-corrected chi connectivity index (χ3v) is 3.74. The molecule has 98 valence electrons. The van der Waals surface area contributed by atoms with Gasteiger partial charge in [0.1, 0.15) is 0 Å². The monoisotopic (exact) mass is 280 g/mol. The Balaban J connectivity index is 2.00. The van der Waals surface area contributed by atoms with Crippen molar-refractivity contribution in [1.82, 2.24) is 0 Å². The SMILES string of the molecule is O=C(Cc1ccc(Cl)c2ccccc12)c1ccccc1. The van der Waals surface area contributed by atoms with E-state index in [4.69, 9.17) is 11.6 Å². The Kier molecular flexibility index (Phi) is 3.53. The molecule has 0 heterocycles. The maximum atomic E-state index is 12.3. The molecule has 0 radical (unpaired) electrons. The maximum absolute atomic E-state index is 12.3. The van der Waals surface area contributed by atoms with Crippen LogP contribution >= 0.6 is 11.6 Å². The lowest BCUT2D eigenvalue weighted by Gasteiger charge is -2.07. The van der Waals surface area contributed by atoms with Crippen molar-refractivity contribution < 1.29 is 4.79 Å². The maximum Gasteiger partial charge on any atom is 0.167 e. The number of ketones is 1. The summed E-state index contributed by atoms with van der Waals surface area (Å²) in [6.45, 7) is 0. The zero-order chi connectivity index (χ0) is 13.9. The highest BCUT2D eigenvalue weighted by molar-refractivity contribution is 6.35. The lowest BCUT2D eigenvalue weighted by atomic mass is 9.98. The molecule has 0 aliphatic carbocycles. The van der Waals surface area contributed by atoms with Crippen LogP contribution in [0.1, 0.15) is 15.9 Å². The molecular weight excluding hydrogens is 268 g/mol. The second-order valence-electron chi connectivity index (χ2n) is 4.72. The molecule has 3 aromatic carbocycles. The summed E-state index contributed by atoms with van der Waals surface area (Å²) in [6, 6.07) is 21.1. The number of carbonyl (C=O) groups is 1. The fourth-order valence-electron chi connectivity index (χ4n) is 2.38. The van der Waals surface area contributed by atoms with Crippen molar-refractivity contribution in [2.24, 2.45) is 0 Å². The summed E-state index contributed by atoms with van der Waals surface area (Å²) in [5.41, 5.74) is 1.75. The quantitative estimate of drug-likeness (QED) is 0.623. The minimum absolute atomic E-state index is 0.123. The first kappa shape index (κ1) is 12.9. The average molecular weight is 281 g/mol. The summed E-state index contributed by atoms with van der Waals surface area (Å²) in [5.74, 6) is 0.123. The number of hydrogen-bond donors (Lipinski definition) is 0. The van der Waals surface area contributed by atoms with E-state index in [1.54, 1.807) is 0 Å². The van der Waals surface area contributed by atoms with Gasteiger partial charge in [0, 0.05) is 22.4 Å². The fraction of sp³-hybridized carbons (Fsp3) is 0.0556. The van der Waals surface area contributed by atoms with Crippen molar-refractivity contribution in [3.05, 3.63) is 82.9 Å². The molecule has 3 rings (SSSR count). The largest absolute Gasteiger partial charge is 0.294 e. The van der Waals surface area contributed by atoms with Gasteiger partial charge in [-0.3, -0.25) is 4.79 Å². The molecule has 0 saturated heterocycles. The highest BCUT2D eigenvalue weighted by atomic mass is 35.5. The highest BCUT2D eigenvalue weighted by Gasteiger charge is 2.10. The normalized spacial score (nSPS) is 10.7. The number of rotatable bonds is 3. The summed E-state index contributed by atoms with van der Waals surface area (Å²) in [7, 11) is 0. The topological polar surface area (TPSA) is 17.1 Å². The molecule has 3 aromatic rings. The second-order valence-corrected chi connectivity index (χ2v) is 5.13. The summed E-state index contributed by atoms with van der Waals surface area (Å²) in [4.78, 5) is 12.3. The van der Waals surface area contributed by atoms with Crippen LogP contribution in [0.2, 0.25) is 5.02 Å². The van der Waals surface area contributed by atoms with Gasteiger partial charge < -0.3 is 0 Å². The summed E-state index contributed by atoms with van der Waals surface area (Å²) in [5, 5.41) is 2.76. The number of benzene rings is 3. The zero-order valence-electron chi connectivity index (χ0n) is 10.8. The van der Waals surface area contributed by atoms with Crippen LogP contribution in [0.4, 0.5) is 0 Å². The van der Waals surface area contributed by atoms with Crippen LogP contribution < -0.4 is 0 Å². The van der Waals surface area contributed by atoms with E-state index in [2.05, 4.69) is 0 Å². The zero-order valence-corrected chi connectivity index (χ0v) is 11.6. The van der Waals surface area contributed by atoms with Crippen molar-refractivity contribution >= 4 is 28.2 Å². The van der Waals surface area contributed by atoms with Gasteiger partial charge in [-0.1, -0.05) is 72.3 Å². The molecule has 0 aromatic heterocycles. The molecule has 0 aliphatic rings. The Hall–Kier alpha value is -2.12. The van der Waals surface area contributed by atoms with Crippen molar-refractivity contribution in [3.63, 3.8) is 0 Å². The molecule has 1 nitrogen and oxygen atoms in total. The van der Waals surface area contributed by atoms with E-state index in [-0.39, 0.29) is 5.78 Å². The Bertz CT molecular complexity index is 763. The Morgan fingerprint density at radius 2 is 1.45 bits per heavy atom. The highest BCUT2D eigenvalue weighted by Crippen LogP contribution is 2.27. The average Bonchev–Trinajstić information content (AvgIpc) is 2.51. The molecule has 0 N–H and O–H groups in total. The first-order valence-corrected chi connectivity index (χ1v) is 6.88. The molecule has 0 atom stereocenters. The summed E-state index contributed by atoms with van der Waals surface area (Å²) >= 11 is 6.20. The minimum atomic E-state index is 0.123. The smallest absolute Gasteiger partial charge is 0.167 e. The van der Waals surface area contributed by atoms with E-state index in [9.17, 15) is 4.79 Å². The minimum Gasteiger partial charge on any atom is -0.294 e. The van der Waals surface area contributed by atoms with Gasteiger partial charge in [0.2, 0.25) is 0 Å². The molecule has 0 aliphatic heterocycles. The first-order chi connectivity index (χ1) is 9.75.